The van der Waals surface area contributed by atoms with Gasteiger partial charge in [-0.25, -0.2) is 12.8 Å². The van der Waals surface area contributed by atoms with E-state index >= 15 is 0 Å². The number of nitrogens with one attached hydrogen (secondary N) is 2. The predicted molar refractivity (Wildman–Crippen MR) is 96.5 cm³/mol. The van der Waals surface area contributed by atoms with E-state index in [9.17, 15) is 12.8 Å². The molecule has 26 heavy (non-hydrogen) atoms. The van der Waals surface area contributed by atoms with E-state index in [2.05, 4.69) is 19.9 Å². The Labute approximate surface area is 148 Å². The van der Waals surface area contributed by atoms with Crippen LogP contribution in [-0.2, 0) is 10.0 Å². The van der Waals surface area contributed by atoms with E-state index in [4.69, 9.17) is 0 Å². The summed E-state index contributed by atoms with van der Waals surface area (Å²) in [6, 6.07) is 14.2. The van der Waals surface area contributed by atoms with Crippen molar-refractivity contribution in [3.8, 4) is 11.3 Å². The van der Waals surface area contributed by atoms with Crippen LogP contribution in [0.5, 0.6) is 0 Å². The predicted octanol–water partition coefficient (Wildman–Crippen LogP) is 3.56. The molecule has 0 saturated carbocycles. The standard InChI is InChI=1S/C18H13FN4O2S/c19-13-5-8-16-17(10-13)21-22-18(16)12-3-6-14(7-4-12)23-26(24,25)15-2-1-9-20-11-15/h1-11,23H,(H,21,22). The van der Waals surface area contributed by atoms with Gasteiger partial charge >= 0.3 is 0 Å². The Bertz CT molecular complexity index is 1170. The molecule has 0 radical (unpaired) electrons. The maximum atomic E-state index is 13.3. The minimum absolute atomic E-state index is 0.0874. The molecule has 2 N–H and O–H groups in total. The monoisotopic (exact) mass is 368 g/mol. The van der Waals surface area contributed by atoms with Crippen LogP contribution >= 0.6 is 0 Å². The normalized spacial score (nSPS) is 11.6. The summed E-state index contributed by atoms with van der Waals surface area (Å²) in [6.07, 6.45) is 2.79. The molecule has 0 amide bonds. The van der Waals surface area contributed by atoms with Crippen LogP contribution in [0.4, 0.5) is 10.1 Å². The molecule has 0 spiro atoms. The Kier molecular flexibility index (Phi) is 3.89. The average molecular weight is 368 g/mol. The van der Waals surface area contributed by atoms with Crippen LogP contribution in [0, 0.1) is 5.82 Å². The van der Waals surface area contributed by atoms with E-state index < -0.39 is 10.0 Å². The van der Waals surface area contributed by atoms with Crippen molar-refractivity contribution in [3.63, 3.8) is 0 Å². The molecule has 6 nitrogen and oxygen atoms in total. The Balaban J connectivity index is 1.63. The summed E-state index contributed by atoms with van der Waals surface area (Å²) in [5.74, 6) is -0.340. The van der Waals surface area contributed by atoms with Gasteiger partial charge in [-0.15, -0.1) is 0 Å². The molecule has 0 aliphatic carbocycles. The lowest BCUT2D eigenvalue weighted by atomic mass is 10.1. The molecule has 4 aromatic rings. The lowest BCUT2D eigenvalue weighted by molar-refractivity contribution is 0.601. The fraction of sp³-hybridized carbons (Fsp3) is 0. The number of sulfonamides is 1. The van der Waals surface area contributed by atoms with Crippen molar-refractivity contribution in [1.82, 2.24) is 15.2 Å². The van der Waals surface area contributed by atoms with Crippen molar-refractivity contribution < 1.29 is 12.8 Å². The number of aromatic nitrogens is 3. The maximum absolute atomic E-state index is 13.3. The number of hydrogen-bond acceptors (Lipinski definition) is 4. The first kappa shape index (κ1) is 16.2. The third-order valence-corrected chi connectivity index (χ3v) is 5.25. The summed E-state index contributed by atoms with van der Waals surface area (Å²) in [5, 5.41) is 7.80. The molecule has 8 heteroatoms. The molecule has 2 aromatic carbocycles. The molecule has 0 atom stereocenters. The number of rotatable bonds is 4. The number of aromatic amines is 1. The molecular weight excluding hydrogens is 355 g/mol. The second kappa shape index (κ2) is 6.23. The summed E-state index contributed by atoms with van der Waals surface area (Å²) in [5.41, 5.74) is 2.47. The quantitative estimate of drug-likeness (QED) is 0.576. The largest absolute Gasteiger partial charge is 0.280 e. The molecule has 0 aliphatic rings. The van der Waals surface area contributed by atoms with Crippen molar-refractivity contribution in [2.75, 3.05) is 4.72 Å². The maximum Gasteiger partial charge on any atom is 0.263 e. The number of nitrogens with zero attached hydrogens (tertiary/aromatic N) is 2. The third kappa shape index (κ3) is 3.02. The zero-order valence-electron chi connectivity index (χ0n) is 13.3. The average Bonchev–Trinajstić information content (AvgIpc) is 3.06. The molecule has 0 aliphatic heterocycles. The summed E-state index contributed by atoms with van der Waals surface area (Å²) >= 11 is 0. The van der Waals surface area contributed by atoms with Gasteiger partial charge in [-0.2, -0.15) is 5.10 Å². The van der Waals surface area contributed by atoms with E-state index in [0.29, 0.717) is 16.9 Å². The van der Waals surface area contributed by atoms with Gasteiger partial charge in [0.15, 0.2) is 0 Å². The van der Waals surface area contributed by atoms with Gasteiger partial charge in [0.1, 0.15) is 10.7 Å². The fourth-order valence-corrected chi connectivity index (χ4v) is 3.65. The first-order valence-corrected chi connectivity index (χ1v) is 9.18. The van der Waals surface area contributed by atoms with Gasteiger partial charge in [-0.3, -0.25) is 14.8 Å². The number of pyridine rings is 1. The van der Waals surface area contributed by atoms with Gasteiger partial charge < -0.3 is 0 Å². The third-order valence-electron chi connectivity index (χ3n) is 3.88. The lowest BCUT2D eigenvalue weighted by Gasteiger charge is -2.08. The number of hydrogen-bond donors (Lipinski definition) is 2. The van der Waals surface area contributed by atoms with Gasteiger partial charge in [-0.1, -0.05) is 12.1 Å². The topological polar surface area (TPSA) is 87.7 Å². The first-order chi connectivity index (χ1) is 12.5. The Hall–Kier alpha value is -3.26. The molecule has 2 aromatic heterocycles. The Morgan fingerprint density at radius 2 is 1.85 bits per heavy atom. The molecular formula is C18H13FN4O2S. The molecule has 0 unspecified atom stereocenters. The number of H-pyrrole nitrogens is 1. The summed E-state index contributed by atoms with van der Waals surface area (Å²) in [4.78, 5) is 3.91. The lowest BCUT2D eigenvalue weighted by Crippen LogP contribution is -2.12. The highest BCUT2D eigenvalue weighted by atomic mass is 32.2. The fourth-order valence-electron chi connectivity index (χ4n) is 2.63. The van der Waals surface area contributed by atoms with Crippen LogP contribution in [0.15, 0.2) is 71.9 Å². The van der Waals surface area contributed by atoms with Crippen LogP contribution in [-0.4, -0.2) is 23.6 Å². The molecule has 0 saturated heterocycles. The number of fused-ring (bicyclic) bond motifs is 1. The van der Waals surface area contributed by atoms with E-state index in [1.807, 2.05) is 0 Å². The Morgan fingerprint density at radius 1 is 1.04 bits per heavy atom. The van der Waals surface area contributed by atoms with E-state index in [0.717, 1.165) is 10.9 Å². The Morgan fingerprint density at radius 3 is 2.58 bits per heavy atom. The first-order valence-electron chi connectivity index (χ1n) is 7.70. The smallest absolute Gasteiger partial charge is 0.263 e. The molecule has 4 rings (SSSR count). The second-order valence-electron chi connectivity index (χ2n) is 5.63. The van der Waals surface area contributed by atoms with Crippen molar-refractivity contribution in [1.29, 1.82) is 0 Å². The summed E-state index contributed by atoms with van der Waals surface area (Å²) in [7, 11) is -3.70. The number of anilines is 1. The van der Waals surface area contributed by atoms with Gasteiger partial charge in [0.25, 0.3) is 10.0 Å². The van der Waals surface area contributed by atoms with Gasteiger partial charge in [-0.05, 0) is 42.5 Å². The zero-order chi connectivity index (χ0) is 18.1. The SMILES string of the molecule is O=S(=O)(Nc1ccc(-c2n[nH]c3cc(F)ccc23)cc1)c1cccnc1. The molecule has 130 valence electrons. The summed E-state index contributed by atoms with van der Waals surface area (Å²) < 4.78 is 40.4. The van der Waals surface area contributed by atoms with Crippen molar-refractivity contribution >= 4 is 26.6 Å². The van der Waals surface area contributed by atoms with Crippen molar-refractivity contribution in [2.24, 2.45) is 0 Å². The summed E-state index contributed by atoms with van der Waals surface area (Å²) in [6.45, 7) is 0. The van der Waals surface area contributed by atoms with E-state index in [1.54, 1.807) is 36.4 Å². The van der Waals surface area contributed by atoms with Crippen LogP contribution in [0.25, 0.3) is 22.2 Å². The molecule has 2 heterocycles. The highest BCUT2D eigenvalue weighted by Crippen LogP contribution is 2.28. The highest BCUT2D eigenvalue weighted by molar-refractivity contribution is 7.92. The minimum Gasteiger partial charge on any atom is -0.280 e. The van der Waals surface area contributed by atoms with Crippen molar-refractivity contribution in [3.05, 3.63) is 72.8 Å². The number of benzene rings is 2. The van der Waals surface area contributed by atoms with Crippen molar-refractivity contribution in [2.45, 2.75) is 4.90 Å². The highest BCUT2D eigenvalue weighted by Gasteiger charge is 2.14. The van der Waals surface area contributed by atoms with Crippen LogP contribution < -0.4 is 4.72 Å². The van der Waals surface area contributed by atoms with Crippen LogP contribution in [0.3, 0.4) is 0 Å². The molecule has 0 fully saturated rings. The van der Waals surface area contributed by atoms with Gasteiger partial charge in [0.05, 0.1) is 11.2 Å². The number of halogens is 1. The second-order valence-corrected chi connectivity index (χ2v) is 7.32. The van der Waals surface area contributed by atoms with Crippen LogP contribution in [0.1, 0.15) is 0 Å². The minimum atomic E-state index is -3.70. The molecule has 0 bridgehead atoms. The van der Waals surface area contributed by atoms with E-state index in [1.165, 1.54) is 30.6 Å². The van der Waals surface area contributed by atoms with Gasteiger partial charge in [0, 0.05) is 29.0 Å². The zero-order valence-corrected chi connectivity index (χ0v) is 14.2. The van der Waals surface area contributed by atoms with Crippen LogP contribution in [0.2, 0.25) is 0 Å². The van der Waals surface area contributed by atoms with Gasteiger partial charge in [0.2, 0.25) is 0 Å². The van der Waals surface area contributed by atoms with E-state index in [-0.39, 0.29) is 10.7 Å².